The summed E-state index contributed by atoms with van der Waals surface area (Å²) in [4.78, 5) is 25.0. The number of benzene rings is 2. The maximum atomic E-state index is 12.5. The monoisotopic (exact) mass is 421 g/mol. The van der Waals surface area contributed by atoms with Gasteiger partial charge in [0, 0.05) is 5.02 Å². The number of methoxy groups -OCH3 is 1. The van der Waals surface area contributed by atoms with Crippen molar-refractivity contribution < 1.29 is 14.3 Å². The number of nitrogens with zero attached hydrogens (tertiary/aromatic N) is 1. The molecule has 0 aliphatic heterocycles. The fourth-order valence-corrected chi connectivity index (χ4v) is 2.85. The molecular formula is C20H21Cl2N3O3. The average molecular weight is 422 g/mol. The fourth-order valence-electron chi connectivity index (χ4n) is 2.36. The standard InChI is InChI=1S/C20H21Cl2N3O3/c1-12(2)18(24-19(26)16-9-6-14(21)10-17(16)22)20(27)25-23-11-13-4-7-15(28-3)8-5-13/h4-12,18H,1-3H3,(H,24,26)(H,25,27). The van der Waals surface area contributed by atoms with Gasteiger partial charge in [0.05, 0.1) is 23.9 Å². The van der Waals surface area contributed by atoms with E-state index in [1.165, 1.54) is 18.3 Å². The molecule has 0 radical (unpaired) electrons. The number of carbonyl (C=O) groups is 2. The summed E-state index contributed by atoms with van der Waals surface area (Å²) in [5.41, 5.74) is 3.48. The number of hydrazone groups is 1. The van der Waals surface area contributed by atoms with Crippen molar-refractivity contribution in [3.63, 3.8) is 0 Å². The number of nitrogens with one attached hydrogen (secondary N) is 2. The van der Waals surface area contributed by atoms with Gasteiger partial charge in [-0.25, -0.2) is 5.43 Å². The van der Waals surface area contributed by atoms with E-state index < -0.39 is 17.9 Å². The van der Waals surface area contributed by atoms with E-state index in [9.17, 15) is 9.59 Å². The Morgan fingerprint density at radius 2 is 1.79 bits per heavy atom. The minimum absolute atomic E-state index is 0.161. The molecule has 0 saturated carbocycles. The molecule has 0 heterocycles. The zero-order valence-corrected chi connectivity index (χ0v) is 17.2. The lowest BCUT2D eigenvalue weighted by atomic mass is 10.0. The van der Waals surface area contributed by atoms with Crippen molar-refractivity contribution in [2.75, 3.05) is 7.11 Å². The van der Waals surface area contributed by atoms with Gasteiger partial charge in [-0.3, -0.25) is 9.59 Å². The molecule has 1 unspecified atom stereocenters. The summed E-state index contributed by atoms with van der Waals surface area (Å²) < 4.78 is 5.09. The van der Waals surface area contributed by atoms with Crippen LogP contribution in [0.15, 0.2) is 47.6 Å². The maximum Gasteiger partial charge on any atom is 0.262 e. The van der Waals surface area contributed by atoms with Crippen LogP contribution < -0.4 is 15.5 Å². The Bertz CT molecular complexity index is 867. The summed E-state index contributed by atoms with van der Waals surface area (Å²) in [5.74, 6) is -0.330. The molecule has 2 rings (SSSR count). The fraction of sp³-hybridized carbons (Fsp3) is 0.250. The second-order valence-corrected chi connectivity index (χ2v) is 7.17. The molecule has 2 aromatic carbocycles. The third kappa shape index (κ3) is 5.97. The lowest BCUT2D eigenvalue weighted by Gasteiger charge is -2.20. The quantitative estimate of drug-likeness (QED) is 0.525. The molecule has 0 aliphatic rings. The first-order valence-electron chi connectivity index (χ1n) is 8.54. The second kappa shape index (κ2) is 10.1. The third-order valence-electron chi connectivity index (χ3n) is 3.92. The topological polar surface area (TPSA) is 79.8 Å². The van der Waals surface area contributed by atoms with Crippen LogP contribution >= 0.6 is 23.2 Å². The second-order valence-electron chi connectivity index (χ2n) is 6.33. The first-order chi connectivity index (χ1) is 13.3. The van der Waals surface area contributed by atoms with Crippen LogP contribution in [0.4, 0.5) is 0 Å². The maximum absolute atomic E-state index is 12.5. The summed E-state index contributed by atoms with van der Waals surface area (Å²) in [6.45, 7) is 3.64. The number of halogens is 2. The largest absolute Gasteiger partial charge is 0.497 e. The summed E-state index contributed by atoms with van der Waals surface area (Å²) in [6, 6.07) is 10.9. The predicted molar refractivity (Wildman–Crippen MR) is 111 cm³/mol. The number of rotatable bonds is 7. The van der Waals surface area contributed by atoms with E-state index in [2.05, 4.69) is 15.8 Å². The molecule has 0 saturated heterocycles. The van der Waals surface area contributed by atoms with Gasteiger partial charge in [-0.1, -0.05) is 37.0 Å². The first-order valence-corrected chi connectivity index (χ1v) is 9.30. The lowest BCUT2D eigenvalue weighted by Crippen LogP contribution is -2.48. The average Bonchev–Trinajstić information content (AvgIpc) is 2.66. The van der Waals surface area contributed by atoms with E-state index in [0.717, 1.165) is 11.3 Å². The molecule has 1 atom stereocenters. The van der Waals surface area contributed by atoms with Crippen LogP contribution in [0.2, 0.25) is 10.0 Å². The van der Waals surface area contributed by atoms with E-state index in [-0.39, 0.29) is 16.5 Å². The van der Waals surface area contributed by atoms with E-state index in [0.29, 0.717) is 5.02 Å². The molecule has 0 spiro atoms. The molecule has 2 N–H and O–H groups in total. The van der Waals surface area contributed by atoms with Crippen LogP contribution in [-0.4, -0.2) is 31.2 Å². The van der Waals surface area contributed by atoms with Gasteiger partial charge in [-0.2, -0.15) is 5.10 Å². The van der Waals surface area contributed by atoms with Gasteiger partial charge in [0.1, 0.15) is 11.8 Å². The molecule has 0 aromatic heterocycles. The van der Waals surface area contributed by atoms with Gasteiger partial charge < -0.3 is 10.1 Å². The summed E-state index contributed by atoms with van der Waals surface area (Å²) in [5, 5.41) is 7.27. The van der Waals surface area contributed by atoms with Crippen LogP contribution in [0.1, 0.15) is 29.8 Å². The summed E-state index contributed by atoms with van der Waals surface area (Å²) >= 11 is 11.9. The molecular weight excluding hydrogens is 401 g/mol. The van der Waals surface area contributed by atoms with E-state index in [1.807, 2.05) is 13.8 Å². The van der Waals surface area contributed by atoms with Gasteiger partial charge in [-0.15, -0.1) is 0 Å². The minimum Gasteiger partial charge on any atom is -0.497 e. The summed E-state index contributed by atoms with van der Waals surface area (Å²) in [6.07, 6.45) is 1.51. The molecule has 2 amide bonds. The Kier molecular flexibility index (Phi) is 7.84. The van der Waals surface area contributed by atoms with Crippen LogP contribution in [0.25, 0.3) is 0 Å². The Labute approximate surface area is 173 Å². The zero-order valence-electron chi connectivity index (χ0n) is 15.7. The van der Waals surface area contributed by atoms with Gasteiger partial charge in [0.15, 0.2) is 0 Å². The van der Waals surface area contributed by atoms with Gasteiger partial charge in [0.25, 0.3) is 11.8 Å². The molecule has 0 aliphatic carbocycles. The van der Waals surface area contributed by atoms with Crippen LogP contribution in [0, 0.1) is 5.92 Å². The molecule has 6 nitrogen and oxygen atoms in total. The first kappa shape index (κ1) is 21.7. The highest BCUT2D eigenvalue weighted by Gasteiger charge is 2.25. The number of ether oxygens (including phenoxy) is 1. The normalized spacial score (nSPS) is 12.1. The van der Waals surface area contributed by atoms with Crippen molar-refractivity contribution in [1.82, 2.24) is 10.7 Å². The number of hydrogen-bond acceptors (Lipinski definition) is 4. The zero-order chi connectivity index (χ0) is 20.7. The molecule has 8 heteroatoms. The van der Waals surface area contributed by atoms with Crippen molar-refractivity contribution in [3.05, 3.63) is 63.6 Å². The van der Waals surface area contributed by atoms with Crippen molar-refractivity contribution in [1.29, 1.82) is 0 Å². The smallest absolute Gasteiger partial charge is 0.262 e. The number of carbonyl (C=O) groups excluding carboxylic acids is 2. The van der Waals surface area contributed by atoms with E-state index in [1.54, 1.807) is 37.4 Å². The molecule has 0 bridgehead atoms. The van der Waals surface area contributed by atoms with Gasteiger partial charge in [0.2, 0.25) is 0 Å². The Hall–Kier alpha value is -2.57. The summed E-state index contributed by atoms with van der Waals surface area (Å²) in [7, 11) is 1.58. The third-order valence-corrected chi connectivity index (χ3v) is 4.46. The van der Waals surface area contributed by atoms with Gasteiger partial charge >= 0.3 is 0 Å². The van der Waals surface area contributed by atoms with Crippen LogP contribution in [0.3, 0.4) is 0 Å². The van der Waals surface area contributed by atoms with Crippen molar-refractivity contribution in [2.45, 2.75) is 19.9 Å². The molecule has 28 heavy (non-hydrogen) atoms. The Morgan fingerprint density at radius 1 is 1.11 bits per heavy atom. The van der Waals surface area contributed by atoms with Gasteiger partial charge in [-0.05, 0) is 53.9 Å². The molecule has 0 fully saturated rings. The highest BCUT2D eigenvalue weighted by molar-refractivity contribution is 6.36. The predicted octanol–water partition coefficient (Wildman–Crippen LogP) is 3.91. The van der Waals surface area contributed by atoms with E-state index in [4.69, 9.17) is 27.9 Å². The Morgan fingerprint density at radius 3 is 2.36 bits per heavy atom. The van der Waals surface area contributed by atoms with Crippen molar-refractivity contribution in [2.24, 2.45) is 11.0 Å². The van der Waals surface area contributed by atoms with Crippen molar-refractivity contribution >= 4 is 41.2 Å². The lowest BCUT2D eigenvalue weighted by molar-refractivity contribution is -0.123. The number of amides is 2. The SMILES string of the molecule is COc1ccc(C=NNC(=O)C(NC(=O)c2ccc(Cl)cc2Cl)C(C)C)cc1. The molecule has 2 aromatic rings. The van der Waals surface area contributed by atoms with Crippen LogP contribution in [-0.2, 0) is 4.79 Å². The van der Waals surface area contributed by atoms with E-state index >= 15 is 0 Å². The Balaban J connectivity index is 2.02. The van der Waals surface area contributed by atoms with Crippen LogP contribution in [0.5, 0.6) is 5.75 Å². The highest BCUT2D eigenvalue weighted by atomic mass is 35.5. The minimum atomic E-state index is -0.785. The van der Waals surface area contributed by atoms with Crippen molar-refractivity contribution in [3.8, 4) is 5.75 Å². The molecule has 148 valence electrons. The highest BCUT2D eigenvalue weighted by Crippen LogP contribution is 2.21. The number of hydrogen-bond donors (Lipinski definition) is 2.